The number of nitrogens with one attached hydrogen (secondary N) is 1. The maximum Gasteiger partial charge on any atom is 0.251 e. The average Bonchev–Trinajstić information content (AvgIpc) is 3.18. The molecule has 0 radical (unpaired) electrons. The highest BCUT2D eigenvalue weighted by molar-refractivity contribution is 5.94. The zero-order valence-corrected chi connectivity index (χ0v) is 12.2. The number of carbonyl (C=O) groups is 1. The molecule has 1 aliphatic heterocycles. The summed E-state index contributed by atoms with van der Waals surface area (Å²) in [6, 6.07) is 3.78. The third-order valence-electron chi connectivity index (χ3n) is 4.66. The van der Waals surface area contributed by atoms with Crippen LogP contribution in [0.25, 0.3) is 5.82 Å². The van der Waals surface area contributed by atoms with Gasteiger partial charge in [-0.3, -0.25) is 9.36 Å². The molecule has 0 aromatic carbocycles. The van der Waals surface area contributed by atoms with Crippen molar-refractivity contribution in [1.82, 2.24) is 19.9 Å². The van der Waals surface area contributed by atoms with Gasteiger partial charge in [0.1, 0.15) is 12.1 Å². The molecule has 2 aromatic heterocycles. The Balaban J connectivity index is 1.42. The highest BCUT2D eigenvalue weighted by Crippen LogP contribution is 2.47. The standard InChI is InChI=1S/C16H18N4O2/c21-15(19-13-8-16(9-13)2-6-22-10-16)12-1-3-18-14(7-12)20-5-4-17-11-20/h1,3-5,7,11,13H,2,6,8-10H2,(H,19,21). The fourth-order valence-electron chi connectivity index (χ4n) is 3.42. The highest BCUT2D eigenvalue weighted by atomic mass is 16.5. The second-order valence-electron chi connectivity index (χ2n) is 6.25. The smallest absolute Gasteiger partial charge is 0.251 e. The first kappa shape index (κ1) is 13.5. The van der Waals surface area contributed by atoms with Gasteiger partial charge in [-0.2, -0.15) is 0 Å². The molecule has 22 heavy (non-hydrogen) atoms. The molecule has 2 aliphatic rings. The van der Waals surface area contributed by atoms with Gasteiger partial charge in [0.2, 0.25) is 0 Å². The van der Waals surface area contributed by atoms with Crippen LogP contribution < -0.4 is 5.32 Å². The Hall–Kier alpha value is -2.21. The van der Waals surface area contributed by atoms with Gasteiger partial charge in [-0.1, -0.05) is 0 Å². The summed E-state index contributed by atoms with van der Waals surface area (Å²) >= 11 is 0. The van der Waals surface area contributed by atoms with Crippen LogP contribution in [0.1, 0.15) is 29.6 Å². The van der Waals surface area contributed by atoms with E-state index in [2.05, 4.69) is 15.3 Å². The molecule has 0 atom stereocenters. The molecule has 2 aromatic rings. The van der Waals surface area contributed by atoms with E-state index in [4.69, 9.17) is 4.74 Å². The Kier molecular flexibility index (Phi) is 3.18. The Labute approximate surface area is 128 Å². The number of hydrogen-bond donors (Lipinski definition) is 1. The minimum atomic E-state index is -0.0393. The van der Waals surface area contributed by atoms with E-state index in [-0.39, 0.29) is 11.9 Å². The Morgan fingerprint density at radius 3 is 3.05 bits per heavy atom. The van der Waals surface area contributed by atoms with Crippen LogP contribution in [0.2, 0.25) is 0 Å². The third kappa shape index (κ3) is 2.39. The summed E-state index contributed by atoms with van der Waals surface area (Å²) < 4.78 is 7.25. The van der Waals surface area contributed by atoms with Crippen LogP contribution in [0.4, 0.5) is 0 Å². The fourth-order valence-corrected chi connectivity index (χ4v) is 3.42. The molecule has 4 rings (SSSR count). The van der Waals surface area contributed by atoms with E-state index >= 15 is 0 Å². The summed E-state index contributed by atoms with van der Waals surface area (Å²) in [5.74, 6) is 0.655. The van der Waals surface area contributed by atoms with Crippen molar-refractivity contribution in [3.05, 3.63) is 42.6 Å². The van der Waals surface area contributed by atoms with E-state index in [1.165, 1.54) is 0 Å². The van der Waals surface area contributed by atoms with Gasteiger partial charge < -0.3 is 10.1 Å². The Bertz CT molecular complexity index is 669. The Morgan fingerprint density at radius 1 is 1.41 bits per heavy atom. The van der Waals surface area contributed by atoms with Crippen LogP contribution >= 0.6 is 0 Å². The zero-order valence-electron chi connectivity index (χ0n) is 12.2. The molecule has 0 bridgehead atoms. The molecule has 6 nitrogen and oxygen atoms in total. The van der Waals surface area contributed by atoms with Gasteiger partial charge in [0.05, 0.1) is 6.61 Å². The summed E-state index contributed by atoms with van der Waals surface area (Å²) in [5, 5.41) is 3.11. The van der Waals surface area contributed by atoms with Crippen molar-refractivity contribution in [3.63, 3.8) is 0 Å². The zero-order chi connectivity index (χ0) is 15.0. The molecular formula is C16H18N4O2. The van der Waals surface area contributed by atoms with Crippen LogP contribution in [0.3, 0.4) is 0 Å². The second kappa shape index (κ2) is 5.21. The number of ether oxygens (including phenoxy) is 1. The first-order chi connectivity index (χ1) is 10.7. The van der Waals surface area contributed by atoms with E-state index in [9.17, 15) is 4.79 Å². The summed E-state index contributed by atoms with van der Waals surface area (Å²) in [6.07, 6.45) is 9.98. The SMILES string of the molecule is O=C(NC1CC2(CCOC2)C1)c1ccnc(-n2ccnc2)c1. The van der Waals surface area contributed by atoms with E-state index in [0.717, 1.165) is 32.5 Å². The topological polar surface area (TPSA) is 69.0 Å². The van der Waals surface area contributed by atoms with Crippen molar-refractivity contribution in [2.24, 2.45) is 5.41 Å². The maximum atomic E-state index is 12.4. The number of hydrogen-bond acceptors (Lipinski definition) is 4. The van der Waals surface area contributed by atoms with E-state index in [1.54, 1.807) is 41.6 Å². The molecular weight excluding hydrogens is 280 g/mol. The van der Waals surface area contributed by atoms with Gasteiger partial charge in [0.25, 0.3) is 5.91 Å². The Morgan fingerprint density at radius 2 is 2.32 bits per heavy atom. The lowest BCUT2D eigenvalue weighted by Gasteiger charge is -2.44. The van der Waals surface area contributed by atoms with Gasteiger partial charge in [0.15, 0.2) is 0 Å². The van der Waals surface area contributed by atoms with Crippen LogP contribution in [-0.2, 0) is 4.74 Å². The highest BCUT2D eigenvalue weighted by Gasteiger charge is 2.47. The largest absolute Gasteiger partial charge is 0.381 e. The molecule has 1 saturated heterocycles. The lowest BCUT2D eigenvalue weighted by Crippen LogP contribution is -2.51. The van der Waals surface area contributed by atoms with Crippen molar-refractivity contribution in [2.75, 3.05) is 13.2 Å². The normalized spacial score (nSPS) is 26.8. The van der Waals surface area contributed by atoms with E-state index in [0.29, 0.717) is 16.8 Å². The average molecular weight is 298 g/mol. The molecule has 3 heterocycles. The number of nitrogens with zero attached hydrogens (tertiary/aromatic N) is 3. The third-order valence-corrected chi connectivity index (χ3v) is 4.66. The second-order valence-corrected chi connectivity index (χ2v) is 6.25. The van der Waals surface area contributed by atoms with Crippen LogP contribution in [0, 0.1) is 5.41 Å². The molecule has 1 amide bonds. The number of imidazole rings is 1. The molecule has 0 unspecified atom stereocenters. The molecule has 6 heteroatoms. The summed E-state index contributed by atoms with van der Waals surface area (Å²) in [6.45, 7) is 1.71. The number of rotatable bonds is 3. The van der Waals surface area contributed by atoms with Gasteiger partial charge in [0, 0.05) is 36.8 Å². The molecule has 1 saturated carbocycles. The van der Waals surface area contributed by atoms with Gasteiger partial charge in [-0.15, -0.1) is 0 Å². The minimum absolute atomic E-state index is 0.0393. The number of amides is 1. The number of aromatic nitrogens is 3. The first-order valence-electron chi connectivity index (χ1n) is 7.57. The molecule has 114 valence electrons. The van der Waals surface area contributed by atoms with Gasteiger partial charge >= 0.3 is 0 Å². The van der Waals surface area contributed by atoms with Gasteiger partial charge in [-0.05, 0) is 36.8 Å². The van der Waals surface area contributed by atoms with Crippen LogP contribution in [-0.4, -0.2) is 39.7 Å². The summed E-state index contributed by atoms with van der Waals surface area (Å²) in [4.78, 5) is 20.6. The molecule has 2 fully saturated rings. The van der Waals surface area contributed by atoms with Crippen molar-refractivity contribution in [2.45, 2.75) is 25.3 Å². The predicted octanol–water partition coefficient (Wildman–Crippen LogP) is 1.57. The van der Waals surface area contributed by atoms with E-state index in [1.807, 2.05) is 0 Å². The molecule has 1 aliphatic carbocycles. The fraction of sp³-hybridized carbons (Fsp3) is 0.438. The predicted molar refractivity (Wildman–Crippen MR) is 79.7 cm³/mol. The quantitative estimate of drug-likeness (QED) is 0.934. The van der Waals surface area contributed by atoms with Gasteiger partial charge in [-0.25, -0.2) is 9.97 Å². The number of carbonyl (C=O) groups excluding carboxylic acids is 1. The maximum absolute atomic E-state index is 12.4. The van der Waals surface area contributed by atoms with E-state index < -0.39 is 0 Å². The summed E-state index contributed by atoms with van der Waals surface area (Å²) in [7, 11) is 0. The minimum Gasteiger partial charge on any atom is -0.381 e. The van der Waals surface area contributed by atoms with Crippen LogP contribution in [0.15, 0.2) is 37.1 Å². The first-order valence-corrected chi connectivity index (χ1v) is 7.57. The number of pyridine rings is 1. The van der Waals surface area contributed by atoms with Crippen molar-refractivity contribution >= 4 is 5.91 Å². The lowest BCUT2D eigenvalue weighted by molar-refractivity contribution is 0.0530. The van der Waals surface area contributed by atoms with Crippen LogP contribution in [0.5, 0.6) is 0 Å². The lowest BCUT2D eigenvalue weighted by atomic mass is 9.65. The van der Waals surface area contributed by atoms with Crippen molar-refractivity contribution < 1.29 is 9.53 Å². The summed E-state index contributed by atoms with van der Waals surface area (Å²) in [5.41, 5.74) is 0.959. The molecule has 1 N–H and O–H groups in total. The molecule has 1 spiro atoms. The van der Waals surface area contributed by atoms with Crippen molar-refractivity contribution in [1.29, 1.82) is 0 Å². The van der Waals surface area contributed by atoms with Crippen molar-refractivity contribution in [3.8, 4) is 5.82 Å². The monoisotopic (exact) mass is 298 g/mol.